The molecule has 0 heterocycles. The van der Waals surface area contributed by atoms with Crippen molar-refractivity contribution in [3.05, 3.63) is 59.7 Å². The first-order chi connectivity index (χ1) is 12.7. The van der Waals surface area contributed by atoms with E-state index in [4.69, 9.17) is 9.88 Å². The van der Waals surface area contributed by atoms with E-state index in [9.17, 15) is 13.2 Å². The first-order valence-electron chi connectivity index (χ1n) is 8.50. The Labute approximate surface area is 160 Å². The smallest absolute Gasteiger partial charge is 0.317 e. The Kier molecular flexibility index (Phi) is 6.81. The summed E-state index contributed by atoms with van der Waals surface area (Å²) in [6, 6.07) is 13.3. The molecule has 0 aliphatic heterocycles. The highest BCUT2D eigenvalue weighted by molar-refractivity contribution is 7.89. The molecule has 0 aliphatic rings. The van der Waals surface area contributed by atoms with Crippen LogP contribution in [0.4, 0.5) is 4.79 Å². The van der Waals surface area contributed by atoms with Crippen LogP contribution in [0.1, 0.15) is 24.1 Å². The van der Waals surface area contributed by atoms with E-state index >= 15 is 0 Å². The number of hydrogen-bond acceptors (Lipinski definition) is 4. The van der Waals surface area contributed by atoms with Crippen molar-refractivity contribution < 1.29 is 17.9 Å². The molecule has 0 radical (unpaired) electrons. The minimum atomic E-state index is -3.73. The molecule has 0 spiro atoms. The van der Waals surface area contributed by atoms with Crippen molar-refractivity contribution in [3.8, 4) is 5.75 Å². The van der Waals surface area contributed by atoms with Crippen molar-refractivity contribution >= 4 is 16.1 Å². The summed E-state index contributed by atoms with van der Waals surface area (Å²) in [5.41, 5.74) is 1.94. The summed E-state index contributed by atoms with van der Waals surface area (Å²) in [7, 11) is -2.04. The third kappa shape index (κ3) is 6.26. The van der Waals surface area contributed by atoms with E-state index in [0.717, 1.165) is 16.9 Å². The van der Waals surface area contributed by atoms with Crippen LogP contribution in [0.2, 0.25) is 0 Å². The van der Waals surface area contributed by atoms with Gasteiger partial charge in [-0.3, -0.25) is 0 Å². The van der Waals surface area contributed by atoms with Gasteiger partial charge in [-0.05, 0) is 43.7 Å². The standard InChI is InChI=1S/C19H25N3O4S/c1-14-4-8-17(9-5-14)26-13-12-22(3)19(23)21-15(2)16-6-10-18(11-7-16)27(20,24)25/h4-11,15H,12-13H2,1-3H3,(H,21,23)(H2,20,24,25)/t15-/m1/s1. The number of urea groups is 1. The summed E-state index contributed by atoms with van der Waals surface area (Å²) in [4.78, 5) is 13.9. The maximum absolute atomic E-state index is 12.3. The Hall–Kier alpha value is -2.58. The molecule has 1 atom stereocenters. The number of primary sulfonamides is 1. The van der Waals surface area contributed by atoms with Crippen LogP contribution in [0.3, 0.4) is 0 Å². The zero-order valence-electron chi connectivity index (χ0n) is 15.7. The quantitative estimate of drug-likeness (QED) is 0.757. The fourth-order valence-electron chi connectivity index (χ4n) is 2.36. The number of aryl methyl sites for hydroxylation is 1. The topological polar surface area (TPSA) is 102 Å². The summed E-state index contributed by atoms with van der Waals surface area (Å²) in [6.07, 6.45) is 0. The fourth-order valence-corrected chi connectivity index (χ4v) is 2.88. The van der Waals surface area contributed by atoms with Crippen molar-refractivity contribution in [2.75, 3.05) is 20.2 Å². The lowest BCUT2D eigenvalue weighted by Crippen LogP contribution is -2.40. The van der Waals surface area contributed by atoms with Gasteiger partial charge in [-0.1, -0.05) is 29.8 Å². The van der Waals surface area contributed by atoms with Crippen molar-refractivity contribution in [1.82, 2.24) is 10.2 Å². The van der Waals surface area contributed by atoms with Gasteiger partial charge < -0.3 is 15.0 Å². The van der Waals surface area contributed by atoms with Crippen LogP contribution in [0.15, 0.2) is 53.4 Å². The van der Waals surface area contributed by atoms with Crippen LogP contribution < -0.4 is 15.2 Å². The Morgan fingerprint density at radius 2 is 1.74 bits per heavy atom. The van der Waals surface area contributed by atoms with Crippen molar-refractivity contribution in [2.45, 2.75) is 24.8 Å². The molecular formula is C19H25N3O4S. The van der Waals surface area contributed by atoms with Gasteiger partial charge in [-0.2, -0.15) is 0 Å². The van der Waals surface area contributed by atoms with Gasteiger partial charge in [-0.25, -0.2) is 18.4 Å². The molecule has 7 nitrogen and oxygen atoms in total. The number of nitrogens with zero attached hydrogens (tertiary/aromatic N) is 1. The Morgan fingerprint density at radius 3 is 2.30 bits per heavy atom. The highest BCUT2D eigenvalue weighted by Gasteiger charge is 2.14. The normalized spacial score (nSPS) is 12.3. The van der Waals surface area contributed by atoms with E-state index < -0.39 is 10.0 Å². The van der Waals surface area contributed by atoms with Gasteiger partial charge in [0.15, 0.2) is 0 Å². The number of carbonyl (C=O) groups is 1. The van der Waals surface area contributed by atoms with E-state index in [0.29, 0.717) is 13.2 Å². The van der Waals surface area contributed by atoms with Crippen LogP contribution in [0.25, 0.3) is 0 Å². The molecule has 0 aliphatic carbocycles. The molecule has 2 amide bonds. The Balaban J connectivity index is 1.83. The lowest BCUT2D eigenvalue weighted by Gasteiger charge is -2.22. The number of likely N-dealkylation sites (N-methyl/N-ethyl adjacent to an activating group) is 1. The molecule has 3 N–H and O–H groups in total. The molecule has 0 fully saturated rings. The largest absolute Gasteiger partial charge is 0.492 e. The third-order valence-corrected chi connectivity index (χ3v) is 5.04. The number of sulfonamides is 1. The summed E-state index contributed by atoms with van der Waals surface area (Å²) in [5, 5.41) is 7.94. The second kappa shape index (κ2) is 8.88. The number of nitrogens with one attached hydrogen (secondary N) is 1. The molecule has 2 rings (SSSR count). The number of nitrogens with two attached hydrogens (primary N) is 1. The average molecular weight is 391 g/mol. The van der Waals surface area contributed by atoms with Crippen LogP contribution in [0, 0.1) is 6.92 Å². The molecule has 0 bridgehead atoms. The minimum absolute atomic E-state index is 0.0372. The lowest BCUT2D eigenvalue weighted by atomic mass is 10.1. The summed E-state index contributed by atoms with van der Waals surface area (Å²) < 4.78 is 28.2. The predicted molar refractivity (Wildman–Crippen MR) is 104 cm³/mol. The van der Waals surface area contributed by atoms with Gasteiger partial charge in [0.2, 0.25) is 10.0 Å². The summed E-state index contributed by atoms with van der Waals surface area (Å²) in [6.45, 7) is 4.63. The molecule has 27 heavy (non-hydrogen) atoms. The number of benzene rings is 2. The van der Waals surface area contributed by atoms with Gasteiger partial charge in [0.1, 0.15) is 12.4 Å². The highest BCUT2D eigenvalue weighted by Crippen LogP contribution is 2.16. The second-order valence-electron chi connectivity index (χ2n) is 6.37. The molecule has 0 saturated heterocycles. The lowest BCUT2D eigenvalue weighted by molar-refractivity contribution is 0.192. The Bertz CT molecular complexity index is 865. The summed E-state index contributed by atoms with van der Waals surface area (Å²) in [5.74, 6) is 0.762. The van der Waals surface area contributed by atoms with Gasteiger partial charge in [0, 0.05) is 7.05 Å². The van der Waals surface area contributed by atoms with Crippen LogP contribution in [0.5, 0.6) is 5.75 Å². The molecule has 146 valence electrons. The number of hydrogen-bond donors (Lipinski definition) is 2. The first kappa shape index (κ1) is 20.7. The summed E-state index contributed by atoms with van der Waals surface area (Å²) >= 11 is 0. The molecule has 2 aromatic rings. The van der Waals surface area contributed by atoms with Crippen LogP contribution in [-0.4, -0.2) is 39.5 Å². The maximum Gasteiger partial charge on any atom is 0.317 e. The third-order valence-electron chi connectivity index (χ3n) is 4.11. The van der Waals surface area contributed by atoms with E-state index in [1.54, 1.807) is 19.2 Å². The molecule has 0 aromatic heterocycles. The zero-order valence-corrected chi connectivity index (χ0v) is 16.5. The van der Waals surface area contributed by atoms with E-state index in [-0.39, 0.29) is 17.0 Å². The minimum Gasteiger partial charge on any atom is -0.492 e. The first-order valence-corrected chi connectivity index (χ1v) is 10.1. The molecule has 0 saturated carbocycles. The van der Waals surface area contributed by atoms with Gasteiger partial charge in [-0.15, -0.1) is 0 Å². The SMILES string of the molecule is Cc1ccc(OCCN(C)C(=O)N[C@H](C)c2ccc(S(N)(=O)=O)cc2)cc1. The second-order valence-corrected chi connectivity index (χ2v) is 7.93. The van der Waals surface area contributed by atoms with E-state index in [2.05, 4.69) is 5.32 Å². The average Bonchev–Trinajstić information content (AvgIpc) is 2.62. The van der Waals surface area contributed by atoms with E-state index in [1.807, 2.05) is 38.1 Å². The number of amides is 2. The Morgan fingerprint density at radius 1 is 1.15 bits per heavy atom. The number of rotatable bonds is 7. The van der Waals surface area contributed by atoms with Gasteiger partial charge >= 0.3 is 6.03 Å². The predicted octanol–water partition coefficient (Wildman–Crippen LogP) is 2.42. The zero-order chi connectivity index (χ0) is 20.0. The molecule has 8 heteroatoms. The highest BCUT2D eigenvalue weighted by atomic mass is 32.2. The molecular weight excluding hydrogens is 366 g/mol. The van der Waals surface area contributed by atoms with Crippen molar-refractivity contribution in [1.29, 1.82) is 0 Å². The van der Waals surface area contributed by atoms with E-state index in [1.165, 1.54) is 17.0 Å². The van der Waals surface area contributed by atoms with Gasteiger partial charge in [0.05, 0.1) is 17.5 Å². The molecule has 2 aromatic carbocycles. The number of ether oxygens (including phenoxy) is 1. The number of carbonyl (C=O) groups excluding carboxylic acids is 1. The fraction of sp³-hybridized carbons (Fsp3) is 0.316. The van der Waals surface area contributed by atoms with Crippen LogP contribution >= 0.6 is 0 Å². The monoisotopic (exact) mass is 391 g/mol. The van der Waals surface area contributed by atoms with Crippen molar-refractivity contribution in [3.63, 3.8) is 0 Å². The van der Waals surface area contributed by atoms with Crippen molar-refractivity contribution in [2.24, 2.45) is 5.14 Å². The van der Waals surface area contributed by atoms with Gasteiger partial charge in [0.25, 0.3) is 0 Å². The molecule has 0 unspecified atom stereocenters. The maximum atomic E-state index is 12.3. The van der Waals surface area contributed by atoms with Crippen LogP contribution in [-0.2, 0) is 10.0 Å².